The minimum atomic E-state index is -4.68. The summed E-state index contributed by atoms with van der Waals surface area (Å²) >= 11 is 0. The van der Waals surface area contributed by atoms with Crippen LogP contribution < -0.4 is 5.56 Å². The minimum Gasteiger partial charge on any atom is -0.267 e. The van der Waals surface area contributed by atoms with Crippen LogP contribution in [0.1, 0.15) is 66.1 Å². The summed E-state index contributed by atoms with van der Waals surface area (Å²) in [6, 6.07) is 9.96. The average molecular weight is 594 g/mol. The molecule has 0 N–H and O–H groups in total. The maximum atomic E-state index is 13.4. The van der Waals surface area contributed by atoms with E-state index in [1.54, 1.807) is 6.07 Å². The van der Waals surface area contributed by atoms with Gasteiger partial charge in [0.05, 0.1) is 30.2 Å². The fourth-order valence-electron chi connectivity index (χ4n) is 4.68. The molecule has 1 aliphatic carbocycles. The lowest BCUT2D eigenvalue weighted by Crippen LogP contribution is -2.30. The lowest BCUT2D eigenvalue weighted by molar-refractivity contribution is -0.141. The van der Waals surface area contributed by atoms with Crippen molar-refractivity contribution in [2.45, 2.75) is 63.8 Å². The number of aromatic nitrogens is 5. The molecule has 4 aromatic rings. The van der Waals surface area contributed by atoms with Gasteiger partial charge in [0.1, 0.15) is 17.2 Å². The molecule has 1 saturated carbocycles. The molecular formula is C29H26F7N5O. The van der Waals surface area contributed by atoms with Crippen molar-refractivity contribution in [2.24, 2.45) is 0 Å². The molecule has 0 bridgehead atoms. The van der Waals surface area contributed by atoms with Gasteiger partial charge in [0.15, 0.2) is 5.69 Å². The molecule has 3 aromatic heterocycles. The second-order valence-corrected chi connectivity index (χ2v) is 9.86. The molecule has 6 nitrogen and oxygen atoms in total. The third-order valence-electron chi connectivity index (χ3n) is 6.73. The molecule has 1 aliphatic rings. The molecule has 0 radical (unpaired) electrons. The number of rotatable bonds is 4. The smallest absolute Gasteiger partial charge is 0.267 e. The molecule has 5 rings (SSSR count). The number of hydrogen-bond donors (Lipinski definition) is 0. The molecule has 0 unspecified atom stereocenters. The Kier molecular flexibility index (Phi) is 9.37. The van der Waals surface area contributed by atoms with Crippen molar-refractivity contribution in [1.29, 1.82) is 0 Å². The van der Waals surface area contributed by atoms with Gasteiger partial charge >= 0.3 is 12.4 Å². The van der Waals surface area contributed by atoms with Crippen molar-refractivity contribution >= 4 is 0 Å². The van der Waals surface area contributed by atoms with Gasteiger partial charge in [-0.1, -0.05) is 31.4 Å². The molecule has 42 heavy (non-hydrogen) atoms. The van der Waals surface area contributed by atoms with E-state index < -0.39 is 41.4 Å². The van der Waals surface area contributed by atoms with Gasteiger partial charge in [0, 0.05) is 11.8 Å². The highest BCUT2D eigenvalue weighted by molar-refractivity contribution is 5.53. The van der Waals surface area contributed by atoms with E-state index in [0.717, 1.165) is 60.7 Å². The first-order valence-electron chi connectivity index (χ1n) is 13.1. The Morgan fingerprint density at radius 1 is 0.857 bits per heavy atom. The summed E-state index contributed by atoms with van der Waals surface area (Å²) in [5.74, 6) is -0.299. The fraction of sp³-hybridized carbons (Fsp3) is 0.345. The summed E-state index contributed by atoms with van der Waals surface area (Å²) in [6.45, 7) is 1.30. The van der Waals surface area contributed by atoms with Crippen molar-refractivity contribution < 1.29 is 30.7 Å². The SMILES string of the molecule is Cc1cccc(F)c1.O=c1c(C2CCCCC2)cc(-c2cnc(C(F)(F)F)cn2)nn1Cc1ncccc1C(F)(F)F. The van der Waals surface area contributed by atoms with Crippen molar-refractivity contribution in [3.8, 4) is 11.4 Å². The van der Waals surface area contributed by atoms with Gasteiger partial charge in [-0.3, -0.25) is 14.8 Å². The molecule has 0 spiro atoms. The van der Waals surface area contributed by atoms with Gasteiger partial charge in [-0.05, 0) is 61.6 Å². The predicted molar refractivity (Wildman–Crippen MR) is 140 cm³/mol. The maximum Gasteiger partial charge on any atom is 0.434 e. The van der Waals surface area contributed by atoms with Crippen LogP contribution in [0.15, 0.2) is 65.8 Å². The third kappa shape index (κ3) is 7.77. The summed E-state index contributed by atoms with van der Waals surface area (Å²) in [6.07, 6.45) is -2.53. The average Bonchev–Trinajstić information content (AvgIpc) is 2.94. The standard InChI is InChI=1S/C22H19F6N5O.C7H7F/c23-21(24,25)15-7-4-8-29-18(15)12-33-20(34)14(13-5-2-1-3-6-13)9-16(32-33)17-10-31-19(11-30-17)22(26,27)28;1-6-3-2-4-7(8)5-6/h4,7-11,13H,1-3,5-6,12H2;2-5H,1H3. The second kappa shape index (κ2) is 12.8. The molecule has 222 valence electrons. The van der Waals surface area contributed by atoms with Crippen molar-refractivity contribution in [2.75, 3.05) is 0 Å². The second-order valence-electron chi connectivity index (χ2n) is 9.86. The molecule has 1 aromatic carbocycles. The van der Waals surface area contributed by atoms with E-state index in [1.165, 1.54) is 24.4 Å². The van der Waals surface area contributed by atoms with E-state index in [4.69, 9.17) is 0 Å². The van der Waals surface area contributed by atoms with E-state index in [0.29, 0.717) is 11.8 Å². The zero-order chi connectivity index (χ0) is 30.5. The highest BCUT2D eigenvalue weighted by Crippen LogP contribution is 2.34. The lowest BCUT2D eigenvalue weighted by atomic mass is 9.84. The zero-order valence-corrected chi connectivity index (χ0v) is 22.4. The van der Waals surface area contributed by atoms with Crippen LogP contribution in [0.4, 0.5) is 30.7 Å². The highest BCUT2D eigenvalue weighted by Gasteiger charge is 2.35. The first-order chi connectivity index (χ1) is 19.8. The summed E-state index contributed by atoms with van der Waals surface area (Å²) in [5.41, 5.74) is -1.82. The van der Waals surface area contributed by atoms with Gasteiger partial charge in [-0.25, -0.2) is 14.1 Å². The normalized spacial score (nSPS) is 14.3. The Morgan fingerprint density at radius 2 is 1.60 bits per heavy atom. The Balaban J connectivity index is 0.000000437. The van der Waals surface area contributed by atoms with Gasteiger partial charge in [0.25, 0.3) is 5.56 Å². The monoisotopic (exact) mass is 593 g/mol. The number of halogens is 7. The first kappa shape index (κ1) is 30.8. The molecule has 3 heterocycles. The Bertz CT molecular complexity index is 1540. The Labute approximate surface area is 236 Å². The van der Waals surface area contributed by atoms with Crippen molar-refractivity contribution in [3.63, 3.8) is 0 Å². The van der Waals surface area contributed by atoms with Gasteiger partial charge in [-0.15, -0.1) is 0 Å². The number of benzene rings is 1. The van der Waals surface area contributed by atoms with E-state index in [9.17, 15) is 35.5 Å². The van der Waals surface area contributed by atoms with Crippen LogP contribution in [0.5, 0.6) is 0 Å². The lowest BCUT2D eigenvalue weighted by Gasteiger charge is -2.22. The predicted octanol–water partition coefficient (Wildman–Crippen LogP) is 7.36. The Morgan fingerprint density at radius 3 is 2.17 bits per heavy atom. The summed E-state index contributed by atoms with van der Waals surface area (Å²) in [7, 11) is 0. The zero-order valence-electron chi connectivity index (χ0n) is 22.4. The van der Waals surface area contributed by atoms with Crippen LogP contribution in [0.2, 0.25) is 0 Å². The molecule has 0 atom stereocenters. The van der Waals surface area contributed by atoms with Gasteiger partial charge < -0.3 is 0 Å². The summed E-state index contributed by atoms with van der Waals surface area (Å²) in [5, 5.41) is 4.12. The number of alkyl halides is 6. The summed E-state index contributed by atoms with van der Waals surface area (Å²) in [4.78, 5) is 24.2. The molecule has 0 saturated heterocycles. The maximum absolute atomic E-state index is 13.4. The highest BCUT2D eigenvalue weighted by atomic mass is 19.4. The topological polar surface area (TPSA) is 73.6 Å². The largest absolute Gasteiger partial charge is 0.434 e. The fourth-order valence-corrected chi connectivity index (χ4v) is 4.68. The van der Waals surface area contributed by atoms with Gasteiger partial charge in [0.2, 0.25) is 0 Å². The number of aryl methyl sites for hydroxylation is 1. The summed E-state index contributed by atoms with van der Waals surface area (Å²) < 4.78 is 91.9. The first-order valence-corrected chi connectivity index (χ1v) is 13.1. The molecule has 0 amide bonds. The van der Waals surface area contributed by atoms with Crippen LogP contribution in [0.25, 0.3) is 11.4 Å². The van der Waals surface area contributed by atoms with Crippen LogP contribution in [0, 0.1) is 12.7 Å². The van der Waals surface area contributed by atoms with E-state index in [-0.39, 0.29) is 23.1 Å². The van der Waals surface area contributed by atoms with Crippen LogP contribution in [-0.4, -0.2) is 24.7 Å². The van der Waals surface area contributed by atoms with Crippen molar-refractivity contribution in [1.82, 2.24) is 24.7 Å². The van der Waals surface area contributed by atoms with E-state index >= 15 is 0 Å². The van der Waals surface area contributed by atoms with E-state index in [2.05, 4.69) is 20.1 Å². The quantitative estimate of drug-likeness (QED) is 0.231. The molecule has 1 fully saturated rings. The molecule has 0 aliphatic heterocycles. The van der Waals surface area contributed by atoms with Crippen LogP contribution in [0.3, 0.4) is 0 Å². The molecular weight excluding hydrogens is 567 g/mol. The van der Waals surface area contributed by atoms with Gasteiger partial charge in [-0.2, -0.15) is 31.4 Å². The van der Waals surface area contributed by atoms with Crippen LogP contribution in [-0.2, 0) is 18.9 Å². The number of pyridine rings is 1. The van der Waals surface area contributed by atoms with Crippen LogP contribution >= 0.6 is 0 Å². The van der Waals surface area contributed by atoms with E-state index in [1.807, 2.05) is 13.0 Å². The molecule has 13 heteroatoms. The van der Waals surface area contributed by atoms with Crippen molar-refractivity contribution in [3.05, 3.63) is 105 Å². The Hall–Kier alpha value is -4.16. The third-order valence-corrected chi connectivity index (χ3v) is 6.73. The minimum absolute atomic E-state index is 0.0316. The number of hydrogen-bond acceptors (Lipinski definition) is 5. The number of nitrogens with zero attached hydrogens (tertiary/aromatic N) is 5.